The van der Waals surface area contributed by atoms with Crippen LogP contribution in [0.5, 0.6) is 5.88 Å². The highest BCUT2D eigenvalue weighted by molar-refractivity contribution is 7.99. The number of aromatic nitrogens is 5. The van der Waals surface area contributed by atoms with Gasteiger partial charge >= 0.3 is 0 Å². The Morgan fingerprint density at radius 3 is 2.75 bits per heavy atom. The van der Waals surface area contributed by atoms with Gasteiger partial charge in [0.05, 0.1) is 17.5 Å². The van der Waals surface area contributed by atoms with E-state index in [0.29, 0.717) is 6.61 Å². The number of hydrogen-bond donors (Lipinski definition) is 1. The minimum atomic E-state index is -1.17. The average molecular weight is 576 g/mol. The summed E-state index contributed by atoms with van der Waals surface area (Å²) >= 11 is 0.500. The summed E-state index contributed by atoms with van der Waals surface area (Å²) in [7, 11) is 0. The van der Waals surface area contributed by atoms with E-state index in [1.54, 1.807) is 18.0 Å². The Hall–Kier alpha value is -2.86. The van der Waals surface area contributed by atoms with E-state index in [1.807, 2.05) is 57.7 Å². The Bertz CT molecular complexity index is 1560. The lowest BCUT2D eigenvalue weighted by molar-refractivity contribution is 0.175. The molecule has 1 unspecified atom stereocenters. The second-order valence-corrected chi connectivity index (χ2v) is 14.9. The third kappa shape index (κ3) is 4.43. The number of pyridine rings is 2. The summed E-state index contributed by atoms with van der Waals surface area (Å²) in [6, 6.07) is 6.21. The Kier molecular flexibility index (Phi) is 6.45. The molecule has 2 aliphatic heterocycles. The van der Waals surface area contributed by atoms with Gasteiger partial charge in [0.1, 0.15) is 4.75 Å². The number of imidazole rings is 1. The third-order valence-corrected chi connectivity index (χ3v) is 11.0. The zero-order valence-electron chi connectivity index (χ0n) is 23.0. The SMILES string of the molecule is CC(C)(C)[S+]([O-])N[C@@H]1c2cccnc2CC12CCN(c1ncc(Sc3ccnc4c3CCO4)c3nccn13)CC2. The Labute approximate surface area is 241 Å². The molecule has 1 saturated heterocycles. The van der Waals surface area contributed by atoms with E-state index in [4.69, 9.17) is 19.7 Å². The van der Waals surface area contributed by atoms with Crippen molar-refractivity contribution in [3.63, 3.8) is 0 Å². The van der Waals surface area contributed by atoms with Gasteiger partial charge in [-0.25, -0.2) is 15.0 Å². The highest BCUT2D eigenvalue weighted by Gasteiger charge is 2.51. The lowest BCUT2D eigenvalue weighted by atomic mass is 9.73. The smallest absolute Gasteiger partial charge is 0.217 e. The summed E-state index contributed by atoms with van der Waals surface area (Å²) in [5.41, 5.74) is 4.35. The molecule has 0 saturated carbocycles. The van der Waals surface area contributed by atoms with E-state index >= 15 is 0 Å². The Morgan fingerprint density at radius 1 is 1.07 bits per heavy atom. The topological polar surface area (TPSA) is 104 Å². The molecule has 0 radical (unpaired) electrons. The molecule has 4 aromatic rings. The van der Waals surface area contributed by atoms with Crippen LogP contribution in [0, 0.1) is 5.41 Å². The lowest BCUT2D eigenvalue weighted by Gasteiger charge is -2.44. The van der Waals surface area contributed by atoms with Crippen LogP contribution in [-0.2, 0) is 24.2 Å². The standard InChI is InChI=1S/C29H33N7O2S2/c1-28(2,3)40(37)34-24-19-5-4-10-30-21(19)17-29(24)8-13-35(14-9-29)27-33-18-23(25-31-12-15-36(25)27)39-22-6-11-32-26-20(22)7-16-38-26/h4-6,10-12,15,18,24,34H,7-9,13-14,16-17H2,1-3H3/t24-,40?/m1/s1. The van der Waals surface area contributed by atoms with Crippen LogP contribution in [0.2, 0.25) is 0 Å². The molecule has 7 rings (SSSR count). The van der Waals surface area contributed by atoms with Crippen LogP contribution < -0.4 is 14.4 Å². The van der Waals surface area contributed by atoms with Gasteiger partial charge in [0.2, 0.25) is 11.8 Å². The van der Waals surface area contributed by atoms with E-state index in [-0.39, 0.29) is 16.2 Å². The van der Waals surface area contributed by atoms with Gasteiger partial charge in [-0.05, 0) is 57.7 Å². The maximum absolute atomic E-state index is 13.2. The molecule has 1 N–H and O–H groups in total. The molecule has 1 aliphatic carbocycles. The molecular weight excluding hydrogens is 543 g/mol. The van der Waals surface area contributed by atoms with Crippen molar-refractivity contribution in [3.05, 3.63) is 66.0 Å². The number of rotatable bonds is 5. The highest BCUT2D eigenvalue weighted by Crippen LogP contribution is 2.52. The third-order valence-electron chi connectivity index (χ3n) is 8.35. The fourth-order valence-electron chi connectivity index (χ4n) is 6.18. The molecule has 0 aromatic carbocycles. The van der Waals surface area contributed by atoms with Gasteiger partial charge in [-0.1, -0.05) is 17.8 Å². The van der Waals surface area contributed by atoms with Gasteiger partial charge in [-0.15, -0.1) is 4.72 Å². The van der Waals surface area contributed by atoms with Gasteiger partial charge in [0.15, 0.2) is 5.65 Å². The molecule has 4 aromatic heterocycles. The predicted molar refractivity (Wildman–Crippen MR) is 156 cm³/mol. The normalized spacial score (nSPS) is 20.5. The van der Waals surface area contributed by atoms with Gasteiger partial charge in [0, 0.05) is 83.4 Å². The average Bonchev–Trinajstić information content (AvgIpc) is 3.68. The number of nitrogens with zero attached hydrogens (tertiary/aromatic N) is 6. The summed E-state index contributed by atoms with van der Waals surface area (Å²) < 4.78 is 24.2. The number of piperidine rings is 1. The van der Waals surface area contributed by atoms with Crippen molar-refractivity contribution in [1.82, 2.24) is 29.1 Å². The van der Waals surface area contributed by atoms with Crippen LogP contribution in [0.3, 0.4) is 0 Å². The van der Waals surface area contributed by atoms with Gasteiger partial charge in [-0.3, -0.25) is 9.38 Å². The maximum Gasteiger partial charge on any atom is 0.217 e. The molecule has 1 spiro atoms. The molecule has 0 amide bonds. The minimum Gasteiger partial charge on any atom is -0.598 e. The molecule has 0 bridgehead atoms. The first-order chi connectivity index (χ1) is 19.3. The quantitative estimate of drug-likeness (QED) is 0.344. The molecule has 2 atom stereocenters. The van der Waals surface area contributed by atoms with E-state index in [1.165, 1.54) is 5.56 Å². The molecule has 11 heteroatoms. The molecule has 9 nitrogen and oxygen atoms in total. The summed E-state index contributed by atoms with van der Waals surface area (Å²) in [6.07, 6.45) is 13.2. The molecule has 6 heterocycles. The molecule has 3 aliphatic rings. The zero-order valence-corrected chi connectivity index (χ0v) is 24.6. The predicted octanol–water partition coefficient (Wildman–Crippen LogP) is 4.54. The van der Waals surface area contributed by atoms with E-state index < -0.39 is 11.4 Å². The number of hydrogen-bond acceptors (Lipinski definition) is 9. The van der Waals surface area contributed by atoms with Crippen LogP contribution in [0.15, 0.2) is 59.0 Å². The molecule has 1 fully saturated rings. The highest BCUT2D eigenvalue weighted by atomic mass is 32.2. The van der Waals surface area contributed by atoms with Gasteiger partial charge in [-0.2, -0.15) is 0 Å². The van der Waals surface area contributed by atoms with Crippen molar-refractivity contribution in [1.29, 1.82) is 0 Å². The second-order valence-electron chi connectivity index (χ2n) is 11.8. The first-order valence-electron chi connectivity index (χ1n) is 13.8. The number of fused-ring (bicyclic) bond motifs is 3. The van der Waals surface area contributed by atoms with Crippen LogP contribution in [-0.4, -0.2) is 53.3 Å². The monoisotopic (exact) mass is 575 g/mol. The Morgan fingerprint density at radius 2 is 1.93 bits per heavy atom. The minimum absolute atomic E-state index is 0.0180. The molecular formula is C29H33N7O2S2. The fourth-order valence-corrected chi connectivity index (χ4v) is 8.15. The largest absolute Gasteiger partial charge is 0.598 e. The first-order valence-corrected chi connectivity index (χ1v) is 15.8. The fraction of sp³-hybridized carbons (Fsp3) is 0.448. The first kappa shape index (κ1) is 26.1. The van der Waals surface area contributed by atoms with Crippen LogP contribution in [0.4, 0.5) is 5.95 Å². The second kappa shape index (κ2) is 9.90. The van der Waals surface area contributed by atoms with Crippen molar-refractivity contribution >= 4 is 34.7 Å². The summed E-state index contributed by atoms with van der Waals surface area (Å²) in [4.78, 5) is 23.2. The molecule has 40 heavy (non-hydrogen) atoms. The van der Waals surface area contributed by atoms with Crippen LogP contribution >= 0.6 is 11.8 Å². The van der Waals surface area contributed by atoms with Crippen molar-refractivity contribution in [2.75, 3.05) is 24.6 Å². The number of ether oxygens (including phenoxy) is 1. The van der Waals surface area contributed by atoms with Crippen molar-refractivity contribution in [2.24, 2.45) is 5.41 Å². The van der Waals surface area contributed by atoms with Crippen molar-refractivity contribution in [2.45, 2.75) is 67.0 Å². The summed E-state index contributed by atoms with van der Waals surface area (Å²) in [6.45, 7) is 8.45. The van der Waals surface area contributed by atoms with Gasteiger partial charge in [0.25, 0.3) is 0 Å². The zero-order chi connectivity index (χ0) is 27.5. The number of anilines is 1. The Balaban J connectivity index is 1.14. The number of nitrogens with one attached hydrogen (secondary N) is 1. The lowest BCUT2D eigenvalue weighted by Crippen LogP contribution is -2.50. The summed E-state index contributed by atoms with van der Waals surface area (Å²) in [5, 5.41) is 0. The van der Waals surface area contributed by atoms with Gasteiger partial charge < -0.3 is 14.2 Å². The van der Waals surface area contributed by atoms with Crippen molar-refractivity contribution in [3.8, 4) is 5.88 Å². The van der Waals surface area contributed by atoms with Crippen LogP contribution in [0.25, 0.3) is 5.65 Å². The van der Waals surface area contributed by atoms with E-state index in [2.05, 4.69) is 25.1 Å². The summed E-state index contributed by atoms with van der Waals surface area (Å²) in [5.74, 6) is 1.64. The molecule has 208 valence electrons. The van der Waals surface area contributed by atoms with Crippen LogP contribution in [0.1, 0.15) is 56.5 Å². The van der Waals surface area contributed by atoms with E-state index in [9.17, 15) is 4.55 Å². The maximum atomic E-state index is 13.2. The van der Waals surface area contributed by atoms with E-state index in [0.717, 1.165) is 77.3 Å². The van der Waals surface area contributed by atoms with Crippen molar-refractivity contribution < 1.29 is 9.29 Å².